The van der Waals surface area contributed by atoms with Crippen molar-refractivity contribution >= 4 is 33.0 Å². The first-order valence-electron chi connectivity index (χ1n) is 7.80. The van der Waals surface area contributed by atoms with Crippen LogP contribution in [0.3, 0.4) is 0 Å². The molecular weight excluding hydrogens is 367 g/mol. The normalized spacial score (nSPS) is 18.4. The van der Waals surface area contributed by atoms with Crippen molar-refractivity contribution in [3.05, 3.63) is 40.1 Å². The van der Waals surface area contributed by atoms with Gasteiger partial charge in [0.1, 0.15) is 10.8 Å². The first-order chi connectivity index (χ1) is 11.9. The molecule has 0 aliphatic carbocycles. The third-order valence-electron chi connectivity index (χ3n) is 3.95. The summed E-state index contributed by atoms with van der Waals surface area (Å²) in [5.74, 6) is -0.826. The van der Waals surface area contributed by atoms with Gasteiger partial charge in [0.15, 0.2) is 0 Å². The van der Waals surface area contributed by atoms with E-state index in [0.29, 0.717) is 23.7 Å². The van der Waals surface area contributed by atoms with Crippen molar-refractivity contribution in [2.45, 2.75) is 25.8 Å². The van der Waals surface area contributed by atoms with Crippen molar-refractivity contribution in [2.24, 2.45) is 0 Å². The summed E-state index contributed by atoms with van der Waals surface area (Å²) in [6.07, 6.45) is 1.41. The molecule has 1 N–H and O–H groups in total. The molecule has 1 aliphatic rings. The molecule has 1 amide bonds. The standard InChI is InChI=1S/C15H17FN4O3S2/c1-2-25(22,23)20-9-3-4-12(20)14-18-19-15(24-14)13(21)17-11-7-5-10(16)6-8-11/h5-8,12H,2-4,9H2,1H3,(H,17,21)/t12-/m0/s1. The molecule has 7 nitrogen and oxygen atoms in total. The van der Waals surface area contributed by atoms with Gasteiger partial charge in [0, 0.05) is 12.2 Å². The molecule has 0 spiro atoms. The van der Waals surface area contributed by atoms with Gasteiger partial charge in [0.05, 0.1) is 11.8 Å². The number of amides is 1. The summed E-state index contributed by atoms with van der Waals surface area (Å²) >= 11 is 1.08. The van der Waals surface area contributed by atoms with Gasteiger partial charge in [-0.3, -0.25) is 4.79 Å². The van der Waals surface area contributed by atoms with E-state index in [2.05, 4.69) is 15.5 Å². The molecule has 0 unspecified atom stereocenters. The molecule has 1 aromatic carbocycles. The molecule has 0 bridgehead atoms. The Morgan fingerprint density at radius 2 is 2.08 bits per heavy atom. The first kappa shape index (κ1) is 17.9. The number of carbonyl (C=O) groups excluding carboxylic acids is 1. The molecule has 25 heavy (non-hydrogen) atoms. The smallest absolute Gasteiger partial charge is 0.286 e. The summed E-state index contributed by atoms with van der Waals surface area (Å²) in [5, 5.41) is 11.2. The van der Waals surface area contributed by atoms with Crippen LogP contribution in [-0.4, -0.2) is 41.1 Å². The van der Waals surface area contributed by atoms with Crippen molar-refractivity contribution in [3.8, 4) is 0 Å². The fourth-order valence-electron chi connectivity index (χ4n) is 2.66. The monoisotopic (exact) mass is 384 g/mol. The van der Waals surface area contributed by atoms with E-state index in [1.165, 1.54) is 28.6 Å². The van der Waals surface area contributed by atoms with Crippen LogP contribution in [0.15, 0.2) is 24.3 Å². The zero-order valence-corrected chi connectivity index (χ0v) is 15.1. The number of benzene rings is 1. The molecule has 2 heterocycles. The lowest BCUT2D eigenvalue weighted by Gasteiger charge is -2.21. The number of rotatable bonds is 5. The molecule has 3 rings (SSSR count). The number of carbonyl (C=O) groups is 1. The quantitative estimate of drug-likeness (QED) is 0.855. The Bertz CT molecular complexity index is 867. The molecular formula is C15H17FN4O3S2. The van der Waals surface area contributed by atoms with Crippen LogP contribution in [0.5, 0.6) is 0 Å². The van der Waals surface area contributed by atoms with Crippen LogP contribution in [0.25, 0.3) is 0 Å². The van der Waals surface area contributed by atoms with E-state index < -0.39 is 21.7 Å². The third-order valence-corrected chi connectivity index (χ3v) is 6.85. The highest BCUT2D eigenvalue weighted by Gasteiger charge is 2.36. The molecule has 134 valence electrons. The number of halogens is 1. The zero-order chi connectivity index (χ0) is 18.0. The Kier molecular flexibility index (Phi) is 5.11. The Balaban J connectivity index is 1.75. The van der Waals surface area contributed by atoms with E-state index in [9.17, 15) is 17.6 Å². The molecule has 1 aliphatic heterocycles. The maximum atomic E-state index is 12.9. The van der Waals surface area contributed by atoms with Crippen LogP contribution >= 0.6 is 11.3 Å². The lowest BCUT2D eigenvalue weighted by atomic mass is 10.2. The first-order valence-corrected chi connectivity index (χ1v) is 10.2. The average molecular weight is 384 g/mol. The van der Waals surface area contributed by atoms with Gasteiger partial charge in [-0.15, -0.1) is 10.2 Å². The van der Waals surface area contributed by atoms with Crippen LogP contribution < -0.4 is 5.32 Å². The van der Waals surface area contributed by atoms with Crippen molar-refractivity contribution in [3.63, 3.8) is 0 Å². The second-order valence-electron chi connectivity index (χ2n) is 5.58. The van der Waals surface area contributed by atoms with Crippen LogP contribution in [0.2, 0.25) is 0 Å². The molecule has 1 saturated heterocycles. The van der Waals surface area contributed by atoms with Crippen molar-refractivity contribution in [1.29, 1.82) is 0 Å². The number of nitrogens with zero attached hydrogens (tertiary/aromatic N) is 3. The van der Waals surface area contributed by atoms with Crippen molar-refractivity contribution in [1.82, 2.24) is 14.5 Å². The Morgan fingerprint density at radius 3 is 2.76 bits per heavy atom. The van der Waals surface area contributed by atoms with Crippen LogP contribution in [0.1, 0.15) is 40.6 Å². The largest absolute Gasteiger partial charge is 0.320 e. The summed E-state index contributed by atoms with van der Waals surface area (Å²) in [7, 11) is -3.32. The van der Waals surface area contributed by atoms with Gasteiger partial charge in [-0.05, 0) is 44.0 Å². The SMILES string of the molecule is CCS(=O)(=O)N1CCC[C@H]1c1nnc(C(=O)Nc2ccc(F)cc2)s1. The Morgan fingerprint density at radius 1 is 1.36 bits per heavy atom. The molecule has 0 saturated carbocycles. The maximum Gasteiger partial charge on any atom is 0.286 e. The minimum Gasteiger partial charge on any atom is -0.320 e. The second-order valence-corrected chi connectivity index (χ2v) is 8.80. The summed E-state index contributed by atoms with van der Waals surface area (Å²) in [4.78, 5) is 12.2. The van der Waals surface area contributed by atoms with Gasteiger partial charge in [-0.25, -0.2) is 12.8 Å². The van der Waals surface area contributed by atoms with E-state index in [1.807, 2.05) is 0 Å². The fraction of sp³-hybridized carbons (Fsp3) is 0.400. The molecule has 10 heteroatoms. The van der Waals surface area contributed by atoms with Crippen LogP contribution in [-0.2, 0) is 10.0 Å². The van der Waals surface area contributed by atoms with Crippen molar-refractivity contribution < 1.29 is 17.6 Å². The van der Waals surface area contributed by atoms with E-state index in [-0.39, 0.29) is 16.8 Å². The number of sulfonamides is 1. The van der Waals surface area contributed by atoms with Crippen LogP contribution in [0, 0.1) is 5.82 Å². The minimum atomic E-state index is -3.32. The highest BCUT2D eigenvalue weighted by Crippen LogP contribution is 2.35. The summed E-state index contributed by atoms with van der Waals surface area (Å²) in [6, 6.07) is 5.01. The third kappa shape index (κ3) is 3.86. The van der Waals surface area contributed by atoms with Gasteiger partial charge >= 0.3 is 0 Å². The summed E-state index contributed by atoms with van der Waals surface area (Å²) < 4.78 is 38.7. The molecule has 1 aromatic heterocycles. The van der Waals surface area contributed by atoms with Gasteiger partial charge < -0.3 is 5.32 Å². The Hall–Kier alpha value is -1.91. The second kappa shape index (κ2) is 7.14. The maximum absolute atomic E-state index is 12.9. The van der Waals surface area contributed by atoms with Crippen LogP contribution in [0.4, 0.5) is 10.1 Å². The van der Waals surface area contributed by atoms with Gasteiger partial charge in [0.25, 0.3) is 5.91 Å². The summed E-state index contributed by atoms with van der Waals surface area (Å²) in [6.45, 7) is 2.06. The predicted octanol–water partition coefficient (Wildman–Crippen LogP) is 2.42. The Labute approximate surface area is 148 Å². The molecule has 1 atom stereocenters. The fourth-order valence-corrected chi connectivity index (χ4v) is 4.95. The topological polar surface area (TPSA) is 92.3 Å². The number of hydrogen-bond acceptors (Lipinski definition) is 6. The predicted molar refractivity (Wildman–Crippen MR) is 92.4 cm³/mol. The van der Waals surface area contributed by atoms with E-state index in [0.717, 1.165) is 17.8 Å². The number of aromatic nitrogens is 2. The zero-order valence-electron chi connectivity index (χ0n) is 13.5. The highest BCUT2D eigenvalue weighted by atomic mass is 32.2. The highest BCUT2D eigenvalue weighted by molar-refractivity contribution is 7.89. The van der Waals surface area contributed by atoms with Gasteiger partial charge in [-0.1, -0.05) is 11.3 Å². The lowest BCUT2D eigenvalue weighted by molar-refractivity contribution is 0.102. The summed E-state index contributed by atoms with van der Waals surface area (Å²) in [5.41, 5.74) is 0.444. The lowest BCUT2D eigenvalue weighted by Crippen LogP contribution is -2.31. The number of hydrogen-bond donors (Lipinski definition) is 1. The van der Waals surface area contributed by atoms with Gasteiger partial charge in [0.2, 0.25) is 15.0 Å². The number of nitrogens with one attached hydrogen (secondary N) is 1. The number of anilines is 1. The van der Waals surface area contributed by atoms with E-state index >= 15 is 0 Å². The molecule has 0 radical (unpaired) electrons. The molecule has 1 fully saturated rings. The average Bonchev–Trinajstić information content (AvgIpc) is 3.26. The molecule has 2 aromatic rings. The van der Waals surface area contributed by atoms with Gasteiger partial charge in [-0.2, -0.15) is 4.31 Å². The van der Waals surface area contributed by atoms with Crippen molar-refractivity contribution in [2.75, 3.05) is 17.6 Å². The van der Waals surface area contributed by atoms with E-state index in [1.54, 1.807) is 6.92 Å². The van der Waals surface area contributed by atoms with E-state index in [4.69, 9.17) is 0 Å². The minimum absolute atomic E-state index is 0.0280.